The fraction of sp³-hybridized carbons (Fsp3) is 0.278. The van der Waals surface area contributed by atoms with Gasteiger partial charge in [-0.3, -0.25) is 5.32 Å². The summed E-state index contributed by atoms with van der Waals surface area (Å²) in [5.41, 5.74) is 3.36. The first-order valence-corrected chi connectivity index (χ1v) is 7.77. The van der Waals surface area contributed by atoms with Gasteiger partial charge >= 0.3 is 6.09 Å². The van der Waals surface area contributed by atoms with Gasteiger partial charge in [0.15, 0.2) is 0 Å². The van der Waals surface area contributed by atoms with Crippen LogP contribution in [0.5, 0.6) is 11.5 Å². The van der Waals surface area contributed by atoms with E-state index in [0.717, 1.165) is 16.9 Å². The summed E-state index contributed by atoms with van der Waals surface area (Å²) in [4.78, 5) is 12.1. The molecular weight excluding hydrogens is 330 g/mol. The molecule has 0 bridgehead atoms. The van der Waals surface area contributed by atoms with Crippen molar-refractivity contribution in [3.05, 3.63) is 51.5 Å². The first-order chi connectivity index (χ1) is 11.3. The molecule has 128 valence electrons. The maximum atomic E-state index is 12.1. The molecule has 2 aromatic carbocycles. The number of hydrogen-bond donors (Lipinski definition) is 2. The summed E-state index contributed by atoms with van der Waals surface area (Å²) in [6, 6.07) is 7.25. The summed E-state index contributed by atoms with van der Waals surface area (Å²) in [5, 5.41) is 12.9. The van der Waals surface area contributed by atoms with Gasteiger partial charge in [0.25, 0.3) is 0 Å². The van der Waals surface area contributed by atoms with Crippen LogP contribution in [0.15, 0.2) is 24.3 Å². The second-order valence-corrected chi connectivity index (χ2v) is 5.84. The van der Waals surface area contributed by atoms with Crippen molar-refractivity contribution < 1.29 is 19.4 Å². The van der Waals surface area contributed by atoms with Crippen LogP contribution in [0.2, 0.25) is 5.02 Å². The molecule has 0 aliphatic rings. The molecule has 0 aliphatic heterocycles. The molecule has 0 aliphatic carbocycles. The molecule has 0 spiro atoms. The molecule has 5 nitrogen and oxygen atoms in total. The number of carbonyl (C=O) groups excluding carboxylic acids is 1. The normalized spacial score (nSPS) is 10.4. The smallest absolute Gasteiger partial charge is 0.411 e. The minimum atomic E-state index is -0.585. The van der Waals surface area contributed by atoms with Crippen LogP contribution in [0, 0.1) is 20.8 Å². The zero-order valence-electron chi connectivity index (χ0n) is 14.1. The van der Waals surface area contributed by atoms with Crippen LogP contribution in [0.3, 0.4) is 0 Å². The van der Waals surface area contributed by atoms with E-state index in [2.05, 4.69) is 5.32 Å². The Labute approximate surface area is 146 Å². The minimum absolute atomic E-state index is 0.0313. The van der Waals surface area contributed by atoms with Crippen molar-refractivity contribution in [2.75, 3.05) is 12.4 Å². The van der Waals surface area contributed by atoms with E-state index in [1.807, 2.05) is 12.1 Å². The zero-order valence-corrected chi connectivity index (χ0v) is 14.8. The molecular formula is C18H20ClNO4. The lowest BCUT2D eigenvalue weighted by Gasteiger charge is -2.17. The third-order valence-corrected chi connectivity index (χ3v) is 4.42. The molecule has 0 radical (unpaired) electrons. The van der Waals surface area contributed by atoms with Gasteiger partial charge in [-0.1, -0.05) is 23.7 Å². The number of halogens is 1. The third-order valence-electron chi connectivity index (χ3n) is 3.96. The fourth-order valence-electron chi connectivity index (χ4n) is 2.29. The third kappa shape index (κ3) is 3.74. The lowest BCUT2D eigenvalue weighted by molar-refractivity contribution is 0.155. The topological polar surface area (TPSA) is 67.8 Å². The summed E-state index contributed by atoms with van der Waals surface area (Å²) < 4.78 is 10.3. The summed E-state index contributed by atoms with van der Waals surface area (Å²) in [7, 11) is 1.59. The highest BCUT2D eigenvalue weighted by Gasteiger charge is 2.17. The highest BCUT2D eigenvalue weighted by molar-refractivity contribution is 6.33. The van der Waals surface area contributed by atoms with Gasteiger partial charge < -0.3 is 14.6 Å². The molecule has 2 rings (SSSR count). The maximum Gasteiger partial charge on any atom is 0.411 e. The second-order valence-electron chi connectivity index (χ2n) is 5.46. The standard InChI is InChI=1S/C18H20ClNO4/c1-10-11(2)17(21)15(19)12(3)16(10)20-18(22)24-9-13-5-7-14(23-4)8-6-13/h5-8,21H,9H2,1-4H3,(H,20,22). The van der Waals surface area contributed by atoms with E-state index < -0.39 is 6.09 Å². The van der Waals surface area contributed by atoms with E-state index in [1.165, 1.54) is 0 Å². The highest BCUT2D eigenvalue weighted by Crippen LogP contribution is 2.38. The van der Waals surface area contributed by atoms with Crippen molar-refractivity contribution in [1.82, 2.24) is 0 Å². The number of nitrogens with one attached hydrogen (secondary N) is 1. The summed E-state index contributed by atoms with van der Waals surface area (Å²) in [6.07, 6.45) is -0.585. The summed E-state index contributed by atoms with van der Waals surface area (Å²) >= 11 is 6.09. The predicted molar refractivity (Wildman–Crippen MR) is 94.1 cm³/mol. The van der Waals surface area contributed by atoms with E-state index >= 15 is 0 Å². The van der Waals surface area contributed by atoms with Gasteiger partial charge in [-0.2, -0.15) is 0 Å². The van der Waals surface area contributed by atoms with Crippen LogP contribution >= 0.6 is 11.6 Å². The molecule has 0 heterocycles. The first kappa shape index (κ1) is 17.9. The molecule has 2 N–H and O–H groups in total. The van der Waals surface area contributed by atoms with Crippen molar-refractivity contribution in [3.8, 4) is 11.5 Å². The van der Waals surface area contributed by atoms with E-state index in [-0.39, 0.29) is 17.4 Å². The summed E-state index contributed by atoms with van der Waals surface area (Å²) in [6.45, 7) is 5.41. The van der Waals surface area contributed by atoms with E-state index in [4.69, 9.17) is 21.1 Å². The Balaban J connectivity index is 2.07. The number of methoxy groups -OCH3 is 1. The predicted octanol–water partition coefficient (Wildman–Crippen LogP) is 4.73. The molecule has 24 heavy (non-hydrogen) atoms. The van der Waals surface area contributed by atoms with E-state index in [1.54, 1.807) is 40.0 Å². The molecule has 0 saturated carbocycles. The van der Waals surface area contributed by atoms with Crippen molar-refractivity contribution >= 4 is 23.4 Å². The molecule has 0 saturated heterocycles. The SMILES string of the molecule is COc1ccc(COC(=O)Nc2c(C)c(C)c(O)c(Cl)c2C)cc1. The Bertz CT molecular complexity index is 728. The quantitative estimate of drug-likeness (QED) is 0.783. The van der Waals surface area contributed by atoms with Crippen LogP contribution in [-0.4, -0.2) is 18.3 Å². The van der Waals surface area contributed by atoms with Crippen LogP contribution < -0.4 is 10.1 Å². The number of hydrogen-bond acceptors (Lipinski definition) is 4. The Hall–Kier alpha value is -2.40. The number of benzene rings is 2. The van der Waals surface area contributed by atoms with Crippen LogP contribution in [0.1, 0.15) is 22.3 Å². The number of ether oxygens (including phenoxy) is 2. The van der Waals surface area contributed by atoms with Gasteiger partial charge in [-0.05, 0) is 55.2 Å². The second kappa shape index (κ2) is 7.45. The van der Waals surface area contributed by atoms with Gasteiger partial charge in [0.1, 0.15) is 18.1 Å². The van der Waals surface area contributed by atoms with Crippen LogP contribution in [-0.2, 0) is 11.3 Å². The number of phenolic OH excluding ortho intramolecular Hbond substituents is 1. The maximum absolute atomic E-state index is 12.1. The Kier molecular flexibility index (Phi) is 5.57. The molecule has 6 heteroatoms. The number of rotatable bonds is 4. The lowest BCUT2D eigenvalue weighted by atomic mass is 10.0. The van der Waals surface area contributed by atoms with E-state index in [0.29, 0.717) is 16.8 Å². The largest absolute Gasteiger partial charge is 0.506 e. The average Bonchev–Trinajstić information content (AvgIpc) is 2.60. The molecule has 1 amide bonds. The Morgan fingerprint density at radius 2 is 1.75 bits per heavy atom. The van der Waals surface area contributed by atoms with Gasteiger partial charge in [-0.15, -0.1) is 0 Å². The first-order valence-electron chi connectivity index (χ1n) is 7.40. The van der Waals surface area contributed by atoms with Crippen LogP contribution in [0.4, 0.5) is 10.5 Å². The molecule has 0 aromatic heterocycles. The van der Waals surface area contributed by atoms with E-state index in [9.17, 15) is 9.90 Å². The van der Waals surface area contributed by atoms with Gasteiger partial charge in [0.2, 0.25) is 0 Å². The number of phenols is 1. The van der Waals surface area contributed by atoms with Crippen molar-refractivity contribution in [1.29, 1.82) is 0 Å². The summed E-state index contributed by atoms with van der Waals surface area (Å²) in [5.74, 6) is 0.771. The monoisotopic (exact) mass is 349 g/mol. The Morgan fingerprint density at radius 3 is 2.33 bits per heavy atom. The molecule has 2 aromatic rings. The minimum Gasteiger partial charge on any atom is -0.506 e. The van der Waals surface area contributed by atoms with Gasteiger partial charge in [-0.25, -0.2) is 4.79 Å². The van der Waals surface area contributed by atoms with Crippen molar-refractivity contribution in [2.45, 2.75) is 27.4 Å². The number of anilines is 1. The van der Waals surface area contributed by atoms with Gasteiger partial charge in [0, 0.05) is 0 Å². The van der Waals surface area contributed by atoms with Crippen LogP contribution in [0.25, 0.3) is 0 Å². The van der Waals surface area contributed by atoms with Crippen molar-refractivity contribution in [2.24, 2.45) is 0 Å². The number of amides is 1. The Morgan fingerprint density at radius 1 is 1.12 bits per heavy atom. The molecule has 0 unspecified atom stereocenters. The molecule has 0 atom stereocenters. The fourth-order valence-corrected chi connectivity index (χ4v) is 2.53. The molecule has 0 fully saturated rings. The van der Waals surface area contributed by atoms with Gasteiger partial charge in [0.05, 0.1) is 17.8 Å². The average molecular weight is 350 g/mol. The zero-order chi connectivity index (χ0) is 17.9. The lowest BCUT2D eigenvalue weighted by Crippen LogP contribution is -2.15. The highest BCUT2D eigenvalue weighted by atomic mass is 35.5. The number of aromatic hydroxyl groups is 1. The van der Waals surface area contributed by atoms with Crippen molar-refractivity contribution in [3.63, 3.8) is 0 Å². The number of carbonyl (C=O) groups is 1.